The Hall–Kier alpha value is -1.39. The molecule has 0 aromatic rings. The van der Waals surface area contributed by atoms with Gasteiger partial charge in [0.05, 0.1) is 11.7 Å². The first kappa shape index (κ1) is 26.2. The SMILES string of the molecule is CC(=O)O[C@@H]1C/C(=C\C=C2/CCC[C@]3(C)[C@@H]([C@H](C)/C=C/[C@H](C)C(C)(C)O)CC[C@@H]23)C[C@@H](O)C1. The first-order chi connectivity index (χ1) is 15.4. The summed E-state index contributed by atoms with van der Waals surface area (Å²) >= 11 is 0. The van der Waals surface area contributed by atoms with Crippen LogP contribution in [0.2, 0.25) is 0 Å². The predicted octanol–water partition coefficient (Wildman–Crippen LogP) is 6.13. The number of esters is 1. The third kappa shape index (κ3) is 6.39. The summed E-state index contributed by atoms with van der Waals surface area (Å²) in [5.74, 6) is 1.65. The van der Waals surface area contributed by atoms with E-state index >= 15 is 0 Å². The predicted molar refractivity (Wildman–Crippen MR) is 134 cm³/mol. The first-order valence-electron chi connectivity index (χ1n) is 13.0. The van der Waals surface area contributed by atoms with Crippen LogP contribution < -0.4 is 0 Å². The van der Waals surface area contributed by atoms with Gasteiger partial charge in [-0.2, -0.15) is 0 Å². The molecule has 3 aliphatic rings. The topological polar surface area (TPSA) is 66.8 Å². The van der Waals surface area contributed by atoms with Crippen LogP contribution in [0, 0.1) is 29.1 Å². The molecular formula is C29H46O4. The molecule has 4 heteroatoms. The summed E-state index contributed by atoms with van der Waals surface area (Å²) in [6.07, 6.45) is 16.6. The van der Waals surface area contributed by atoms with Crippen molar-refractivity contribution in [2.24, 2.45) is 29.1 Å². The van der Waals surface area contributed by atoms with Gasteiger partial charge in [-0.1, -0.05) is 56.2 Å². The molecule has 7 atom stereocenters. The van der Waals surface area contributed by atoms with Crippen molar-refractivity contribution in [1.29, 1.82) is 0 Å². The molecule has 3 aliphatic carbocycles. The molecule has 0 spiro atoms. The highest BCUT2D eigenvalue weighted by atomic mass is 16.5. The minimum atomic E-state index is -0.687. The molecule has 3 fully saturated rings. The largest absolute Gasteiger partial charge is 0.462 e. The van der Waals surface area contributed by atoms with Gasteiger partial charge in [0.15, 0.2) is 0 Å². The lowest BCUT2D eigenvalue weighted by Crippen LogP contribution is -2.35. The second-order valence-electron chi connectivity index (χ2n) is 11.9. The number of carbonyl (C=O) groups excluding carboxylic acids is 1. The summed E-state index contributed by atoms with van der Waals surface area (Å²) in [5.41, 5.74) is 2.37. The Kier molecular flexibility index (Phi) is 8.32. The maximum atomic E-state index is 11.4. The molecule has 0 heterocycles. The van der Waals surface area contributed by atoms with Crippen molar-refractivity contribution < 1.29 is 19.7 Å². The van der Waals surface area contributed by atoms with E-state index < -0.39 is 11.7 Å². The number of rotatable bonds is 6. The number of hydrogen-bond acceptors (Lipinski definition) is 4. The highest BCUT2D eigenvalue weighted by Gasteiger charge is 2.50. The minimum Gasteiger partial charge on any atom is -0.462 e. The first-order valence-corrected chi connectivity index (χ1v) is 13.0. The van der Waals surface area contributed by atoms with E-state index in [0.29, 0.717) is 36.0 Å². The van der Waals surface area contributed by atoms with E-state index in [1.165, 1.54) is 38.2 Å². The molecule has 3 rings (SSSR count). The Labute approximate surface area is 201 Å². The second kappa shape index (κ2) is 10.5. The number of aliphatic hydroxyl groups excluding tert-OH is 1. The number of ether oxygens (including phenoxy) is 1. The highest BCUT2D eigenvalue weighted by molar-refractivity contribution is 5.66. The Morgan fingerprint density at radius 1 is 1.18 bits per heavy atom. The Morgan fingerprint density at radius 3 is 2.58 bits per heavy atom. The maximum Gasteiger partial charge on any atom is 0.302 e. The molecule has 0 unspecified atom stereocenters. The molecule has 0 bridgehead atoms. The van der Waals surface area contributed by atoms with E-state index in [4.69, 9.17) is 4.74 Å². The van der Waals surface area contributed by atoms with Crippen LogP contribution in [0.5, 0.6) is 0 Å². The molecule has 0 aliphatic heterocycles. The number of carbonyl (C=O) groups is 1. The van der Waals surface area contributed by atoms with Crippen molar-refractivity contribution in [1.82, 2.24) is 0 Å². The standard InChI is InChI=1S/C29H46O4/c1-19(9-10-20(2)28(4,5)32)26-13-14-27-23(8-7-15-29(26,27)6)12-11-22-16-24(31)18-25(17-22)33-21(3)30/h9-12,19-20,24-27,31-32H,7-8,13-18H2,1-6H3/b10-9+,22-11-,23-12+/t19-,20+,24-,25-,26-,27+,29-/m1/s1. The van der Waals surface area contributed by atoms with Crippen LogP contribution >= 0.6 is 0 Å². The van der Waals surface area contributed by atoms with Gasteiger partial charge in [0.1, 0.15) is 6.10 Å². The van der Waals surface area contributed by atoms with Gasteiger partial charge in [0.25, 0.3) is 0 Å². The second-order valence-corrected chi connectivity index (χ2v) is 11.9. The van der Waals surface area contributed by atoms with Crippen molar-refractivity contribution in [3.63, 3.8) is 0 Å². The van der Waals surface area contributed by atoms with Gasteiger partial charge in [0, 0.05) is 25.7 Å². The van der Waals surface area contributed by atoms with Gasteiger partial charge in [-0.15, -0.1) is 0 Å². The molecule has 2 N–H and O–H groups in total. The van der Waals surface area contributed by atoms with Gasteiger partial charge >= 0.3 is 5.97 Å². The van der Waals surface area contributed by atoms with Crippen LogP contribution in [-0.2, 0) is 9.53 Å². The van der Waals surface area contributed by atoms with Crippen molar-refractivity contribution in [2.75, 3.05) is 0 Å². The molecule has 0 radical (unpaired) electrons. The van der Waals surface area contributed by atoms with Crippen LogP contribution in [0.3, 0.4) is 0 Å². The van der Waals surface area contributed by atoms with E-state index in [-0.39, 0.29) is 18.0 Å². The average Bonchev–Trinajstić information content (AvgIpc) is 3.06. The molecule has 0 aromatic carbocycles. The van der Waals surface area contributed by atoms with Crippen molar-refractivity contribution in [3.8, 4) is 0 Å². The fraction of sp³-hybridized carbons (Fsp3) is 0.759. The maximum absolute atomic E-state index is 11.4. The van der Waals surface area contributed by atoms with E-state index in [0.717, 1.165) is 12.8 Å². The van der Waals surface area contributed by atoms with Crippen LogP contribution in [0.15, 0.2) is 35.5 Å². The van der Waals surface area contributed by atoms with Crippen LogP contribution in [0.25, 0.3) is 0 Å². The Bertz CT molecular complexity index is 786. The van der Waals surface area contributed by atoms with Crippen molar-refractivity contribution in [3.05, 3.63) is 35.5 Å². The third-order valence-corrected chi connectivity index (χ3v) is 8.88. The quantitative estimate of drug-likeness (QED) is 0.371. The van der Waals surface area contributed by atoms with Gasteiger partial charge in [-0.05, 0) is 75.5 Å². The van der Waals surface area contributed by atoms with Gasteiger partial charge in [-0.3, -0.25) is 4.79 Å². The van der Waals surface area contributed by atoms with Crippen LogP contribution in [0.1, 0.15) is 92.9 Å². The summed E-state index contributed by atoms with van der Waals surface area (Å²) in [4.78, 5) is 11.4. The Balaban J connectivity index is 1.72. The zero-order valence-electron chi connectivity index (χ0n) is 21.6. The fourth-order valence-electron chi connectivity index (χ4n) is 6.69. The van der Waals surface area contributed by atoms with E-state index in [9.17, 15) is 15.0 Å². The molecule has 186 valence electrons. The Morgan fingerprint density at radius 2 is 1.91 bits per heavy atom. The van der Waals surface area contributed by atoms with Crippen molar-refractivity contribution in [2.45, 2.75) is 111 Å². The molecule has 0 saturated heterocycles. The summed E-state index contributed by atoms with van der Waals surface area (Å²) in [6, 6.07) is 0. The lowest BCUT2D eigenvalue weighted by molar-refractivity contribution is -0.148. The van der Waals surface area contributed by atoms with Crippen LogP contribution in [-0.4, -0.2) is 34.0 Å². The fourth-order valence-corrected chi connectivity index (χ4v) is 6.69. The molecule has 3 saturated carbocycles. The summed E-state index contributed by atoms with van der Waals surface area (Å²) in [5, 5.41) is 20.5. The van der Waals surface area contributed by atoms with Gasteiger partial charge < -0.3 is 14.9 Å². The minimum absolute atomic E-state index is 0.139. The number of allylic oxidation sites excluding steroid dienone is 4. The average molecular weight is 459 g/mol. The molecule has 0 aromatic heterocycles. The number of aliphatic hydroxyl groups is 2. The van der Waals surface area contributed by atoms with Crippen molar-refractivity contribution >= 4 is 5.97 Å². The highest BCUT2D eigenvalue weighted by Crippen LogP contribution is 2.59. The monoisotopic (exact) mass is 458 g/mol. The van der Waals surface area contributed by atoms with E-state index in [2.05, 4.69) is 45.1 Å². The number of fused-ring (bicyclic) bond motifs is 1. The lowest BCUT2D eigenvalue weighted by Gasteiger charge is -2.44. The van der Waals surface area contributed by atoms with Gasteiger partial charge in [-0.25, -0.2) is 0 Å². The summed E-state index contributed by atoms with van der Waals surface area (Å²) in [6.45, 7) is 12.1. The lowest BCUT2D eigenvalue weighted by atomic mass is 9.61. The molecule has 4 nitrogen and oxygen atoms in total. The molecular weight excluding hydrogens is 412 g/mol. The zero-order valence-corrected chi connectivity index (χ0v) is 21.6. The van der Waals surface area contributed by atoms with E-state index in [1.54, 1.807) is 5.57 Å². The third-order valence-electron chi connectivity index (χ3n) is 8.88. The van der Waals surface area contributed by atoms with E-state index in [1.807, 2.05) is 13.8 Å². The molecule has 0 amide bonds. The smallest absolute Gasteiger partial charge is 0.302 e. The van der Waals surface area contributed by atoms with Gasteiger partial charge in [0.2, 0.25) is 0 Å². The molecule has 33 heavy (non-hydrogen) atoms. The normalized spacial score (nSPS) is 37.3. The van der Waals surface area contributed by atoms with Crippen LogP contribution in [0.4, 0.5) is 0 Å². The summed E-state index contributed by atoms with van der Waals surface area (Å²) in [7, 11) is 0. The zero-order chi connectivity index (χ0) is 24.4. The number of hydrogen-bond donors (Lipinski definition) is 2. The summed E-state index contributed by atoms with van der Waals surface area (Å²) < 4.78 is 5.39.